The Labute approximate surface area is 104 Å². The summed E-state index contributed by atoms with van der Waals surface area (Å²) in [5.41, 5.74) is 0. The molecule has 2 amide bonds. The molecule has 0 aromatic carbocycles. The van der Waals surface area contributed by atoms with Crippen LogP contribution in [0.2, 0.25) is 0 Å². The van der Waals surface area contributed by atoms with Crippen LogP contribution < -0.4 is 10.6 Å². The van der Waals surface area contributed by atoms with Gasteiger partial charge < -0.3 is 15.7 Å². The molecule has 0 aliphatic carbocycles. The van der Waals surface area contributed by atoms with E-state index in [0.29, 0.717) is 11.4 Å². The lowest BCUT2D eigenvalue weighted by Crippen LogP contribution is -2.33. The second kappa shape index (κ2) is 7.03. The topological polar surface area (TPSA) is 78.4 Å². The highest BCUT2D eigenvalue weighted by molar-refractivity contribution is 7.12. The number of nitrogens with one attached hydrogen (secondary N) is 2. The number of amides is 2. The van der Waals surface area contributed by atoms with Gasteiger partial charge in [-0.3, -0.25) is 9.59 Å². The molecule has 17 heavy (non-hydrogen) atoms. The highest BCUT2D eigenvalue weighted by Gasteiger charge is 2.07. The zero-order valence-corrected chi connectivity index (χ0v) is 10.4. The normalized spacial score (nSPS) is 11.9. The molecule has 1 aromatic rings. The van der Waals surface area contributed by atoms with Crippen LogP contribution in [0.1, 0.15) is 23.0 Å². The lowest BCUT2D eigenvalue weighted by atomic mass is 10.3. The first-order valence-electron chi connectivity index (χ1n) is 5.36. The molecule has 0 aliphatic heterocycles. The van der Waals surface area contributed by atoms with Crippen LogP contribution in [0.25, 0.3) is 0 Å². The van der Waals surface area contributed by atoms with Crippen molar-refractivity contribution in [2.24, 2.45) is 0 Å². The van der Waals surface area contributed by atoms with Gasteiger partial charge in [-0.05, 0) is 18.4 Å². The number of carbonyl (C=O) groups excluding carboxylic acids is 2. The molecule has 1 heterocycles. The number of carbonyl (C=O) groups is 2. The van der Waals surface area contributed by atoms with Crippen LogP contribution in [0.3, 0.4) is 0 Å². The van der Waals surface area contributed by atoms with Crippen molar-refractivity contribution < 1.29 is 14.7 Å². The van der Waals surface area contributed by atoms with E-state index < -0.39 is 6.10 Å². The third kappa shape index (κ3) is 5.46. The summed E-state index contributed by atoms with van der Waals surface area (Å²) >= 11 is 1.36. The van der Waals surface area contributed by atoms with Crippen LogP contribution in [0.15, 0.2) is 17.5 Å². The summed E-state index contributed by atoms with van der Waals surface area (Å²) in [6.07, 6.45) is -0.344. The number of hydrogen-bond donors (Lipinski definition) is 3. The van der Waals surface area contributed by atoms with Crippen LogP contribution in [0.5, 0.6) is 0 Å². The van der Waals surface area contributed by atoms with Crippen molar-refractivity contribution in [3.63, 3.8) is 0 Å². The van der Waals surface area contributed by atoms with E-state index in [1.54, 1.807) is 19.1 Å². The number of thiophene rings is 1. The monoisotopic (exact) mass is 256 g/mol. The maximum absolute atomic E-state index is 11.5. The van der Waals surface area contributed by atoms with E-state index in [1.807, 2.05) is 5.38 Å². The summed E-state index contributed by atoms with van der Waals surface area (Å²) < 4.78 is 0. The zero-order chi connectivity index (χ0) is 12.7. The van der Waals surface area contributed by atoms with Crippen LogP contribution in [-0.2, 0) is 4.79 Å². The molecule has 1 rings (SSSR count). The molecule has 6 heteroatoms. The molecule has 0 fully saturated rings. The van der Waals surface area contributed by atoms with Gasteiger partial charge in [-0.15, -0.1) is 11.3 Å². The van der Waals surface area contributed by atoms with Gasteiger partial charge in [0.15, 0.2) is 0 Å². The van der Waals surface area contributed by atoms with Crippen LogP contribution >= 0.6 is 11.3 Å². The van der Waals surface area contributed by atoms with E-state index in [1.165, 1.54) is 11.3 Å². The molecule has 5 nitrogen and oxygen atoms in total. The quantitative estimate of drug-likeness (QED) is 0.688. The van der Waals surface area contributed by atoms with Crippen LogP contribution in [0, 0.1) is 0 Å². The smallest absolute Gasteiger partial charge is 0.261 e. The summed E-state index contributed by atoms with van der Waals surface area (Å²) in [4.78, 5) is 23.4. The Bertz CT molecular complexity index is 363. The highest BCUT2D eigenvalue weighted by Crippen LogP contribution is 2.07. The van der Waals surface area contributed by atoms with Crippen molar-refractivity contribution in [1.29, 1.82) is 0 Å². The maximum atomic E-state index is 11.5. The summed E-state index contributed by atoms with van der Waals surface area (Å²) in [5.74, 6) is -0.347. The van der Waals surface area contributed by atoms with Crippen LogP contribution in [0.4, 0.5) is 0 Å². The first-order chi connectivity index (χ1) is 8.09. The molecule has 0 saturated carbocycles. The Morgan fingerprint density at radius 1 is 1.47 bits per heavy atom. The van der Waals surface area contributed by atoms with E-state index in [4.69, 9.17) is 5.11 Å². The Morgan fingerprint density at radius 2 is 2.24 bits per heavy atom. The molecule has 0 radical (unpaired) electrons. The van der Waals surface area contributed by atoms with Crippen molar-refractivity contribution in [2.45, 2.75) is 19.4 Å². The Morgan fingerprint density at radius 3 is 2.82 bits per heavy atom. The summed E-state index contributed by atoms with van der Waals surface area (Å²) in [6.45, 7) is 2.12. The minimum atomic E-state index is -0.556. The first kappa shape index (κ1) is 13.7. The Kier molecular flexibility index (Phi) is 5.65. The molecule has 0 unspecified atom stereocenters. The van der Waals surface area contributed by atoms with Gasteiger partial charge in [-0.25, -0.2) is 0 Å². The van der Waals surface area contributed by atoms with Gasteiger partial charge in [0.1, 0.15) is 0 Å². The molecular weight excluding hydrogens is 240 g/mol. The van der Waals surface area contributed by atoms with E-state index >= 15 is 0 Å². The number of aliphatic hydroxyl groups excluding tert-OH is 1. The van der Waals surface area contributed by atoms with Crippen molar-refractivity contribution in [3.05, 3.63) is 22.4 Å². The second-order valence-corrected chi connectivity index (χ2v) is 4.58. The van der Waals surface area contributed by atoms with Gasteiger partial charge in [-0.2, -0.15) is 0 Å². The molecule has 94 valence electrons. The highest BCUT2D eigenvalue weighted by atomic mass is 32.1. The molecular formula is C11H16N2O3S. The molecule has 1 aromatic heterocycles. The molecule has 3 N–H and O–H groups in total. The van der Waals surface area contributed by atoms with Gasteiger partial charge in [0, 0.05) is 19.5 Å². The van der Waals surface area contributed by atoms with Crippen molar-refractivity contribution in [3.8, 4) is 0 Å². The van der Waals surface area contributed by atoms with E-state index in [2.05, 4.69) is 10.6 Å². The average molecular weight is 256 g/mol. The fourth-order valence-corrected chi connectivity index (χ4v) is 1.77. The third-order valence-corrected chi connectivity index (χ3v) is 2.85. The van der Waals surface area contributed by atoms with E-state index in [9.17, 15) is 9.59 Å². The van der Waals surface area contributed by atoms with Gasteiger partial charge >= 0.3 is 0 Å². The van der Waals surface area contributed by atoms with E-state index in [-0.39, 0.29) is 24.8 Å². The van der Waals surface area contributed by atoms with Gasteiger partial charge in [0.2, 0.25) is 5.91 Å². The average Bonchev–Trinajstić information content (AvgIpc) is 2.79. The van der Waals surface area contributed by atoms with Gasteiger partial charge in [0.05, 0.1) is 11.0 Å². The summed E-state index contributed by atoms with van der Waals surface area (Å²) in [7, 11) is 0. The van der Waals surface area contributed by atoms with Crippen molar-refractivity contribution >= 4 is 23.2 Å². The molecule has 0 spiro atoms. The Hall–Kier alpha value is -1.40. The first-order valence-corrected chi connectivity index (χ1v) is 6.24. The lowest BCUT2D eigenvalue weighted by Gasteiger charge is -2.07. The lowest BCUT2D eigenvalue weighted by molar-refractivity contribution is -0.121. The largest absolute Gasteiger partial charge is 0.392 e. The molecule has 0 aliphatic rings. The Balaban J connectivity index is 2.15. The fraction of sp³-hybridized carbons (Fsp3) is 0.455. The number of hydrogen-bond acceptors (Lipinski definition) is 4. The molecule has 0 saturated heterocycles. The predicted octanol–water partition coefficient (Wildman–Crippen LogP) is 0.365. The van der Waals surface area contributed by atoms with E-state index in [0.717, 1.165) is 0 Å². The number of rotatable bonds is 6. The third-order valence-electron chi connectivity index (χ3n) is 1.98. The van der Waals surface area contributed by atoms with Gasteiger partial charge in [-0.1, -0.05) is 6.07 Å². The standard InChI is InChI=1S/C11H16N2O3S/c1-8(14)7-13-10(15)4-5-12-11(16)9-3-2-6-17-9/h2-3,6,8,14H,4-5,7H2,1H3,(H,12,16)(H,13,15)/t8-/m1/s1. The van der Waals surface area contributed by atoms with Gasteiger partial charge in [0.25, 0.3) is 5.91 Å². The number of aliphatic hydroxyl groups is 1. The summed E-state index contributed by atoms with van der Waals surface area (Å²) in [5, 5.41) is 16.0. The molecule has 0 bridgehead atoms. The molecule has 1 atom stereocenters. The van der Waals surface area contributed by atoms with Crippen molar-refractivity contribution in [1.82, 2.24) is 10.6 Å². The second-order valence-electron chi connectivity index (χ2n) is 3.64. The minimum Gasteiger partial charge on any atom is -0.392 e. The zero-order valence-electron chi connectivity index (χ0n) is 9.60. The minimum absolute atomic E-state index is 0.164. The fourth-order valence-electron chi connectivity index (χ4n) is 1.13. The summed E-state index contributed by atoms with van der Waals surface area (Å²) in [6, 6.07) is 3.53. The van der Waals surface area contributed by atoms with Crippen molar-refractivity contribution in [2.75, 3.05) is 13.1 Å². The maximum Gasteiger partial charge on any atom is 0.261 e. The predicted molar refractivity (Wildman–Crippen MR) is 66.0 cm³/mol. The SMILES string of the molecule is C[C@@H](O)CNC(=O)CCNC(=O)c1cccs1. The van der Waals surface area contributed by atoms with Crippen LogP contribution in [-0.4, -0.2) is 36.1 Å².